The molecular weight excluding hydrogens is 268 g/mol. The molecule has 0 aromatic carbocycles. The molecule has 1 N–H and O–H groups in total. The van der Waals surface area contributed by atoms with Gasteiger partial charge < -0.3 is 14.6 Å². The Morgan fingerprint density at radius 3 is 2.76 bits per heavy atom. The van der Waals surface area contributed by atoms with Gasteiger partial charge in [-0.05, 0) is 44.5 Å². The van der Waals surface area contributed by atoms with Crippen molar-refractivity contribution in [2.75, 3.05) is 26.8 Å². The van der Waals surface area contributed by atoms with Crippen molar-refractivity contribution < 1.29 is 9.26 Å². The van der Waals surface area contributed by atoms with Gasteiger partial charge in [0.05, 0.1) is 0 Å². The van der Waals surface area contributed by atoms with Gasteiger partial charge in [0.1, 0.15) is 0 Å². The van der Waals surface area contributed by atoms with Crippen LogP contribution in [0.4, 0.5) is 0 Å². The molecule has 0 atom stereocenters. The predicted molar refractivity (Wildman–Crippen MR) is 77.8 cm³/mol. The van der Waals surface area contributed by atoms with Crippen LogP contribution in [0.25, 0.3) is 11.5 Å². The maximum Gasteiger partial charge on any atom is 0.258 e. The molecule has 112 valence electrons. The van der Waals surface area contributed by atoms with Crippen molar-refractivity contribution in [1.29, 1.82) is 0 Å². The second kappa shape index (κ2) is 6.32. The van der Waals surface area contributed by atoms with Crippen LogP contribution in [0.15, 0.2) is 29.0 Å². The predicted octanol–water partition coefficient (Wildman–Crippen LogP) is 1.79. The number of nitrogens with zero attached hydrogens (tertiary/aromatic N) is 3. The number of piperidine rings is 1. The maximum absolute atomic E-state index is 5.46. The van der Waals surface area contributed by atoms with E-state index in [-0.39, 0.29) is 5.41 Å². The van der Waals surface area contributed by atoms with E-state index in [0.717, 1.165) is 43.7 Å². The molecule has 0 radical (unpaired) electrons. The Morgan fingerprint density at radius 2 is 2.05 bits per heavy atom. The van der Waals surface area contributed by atoms with Gasteiger partial charge in [-0.1, -0.05) is 5.16 Å². The minimum absolute atomic E-state index is 0.0456. The van der Waals surface area contributed by atoms with Gasteiger partial charge >= 0.3 is 0 Å². The van der Waals surface area contributed by atoms with Gasteiger partial charge in [-0.2, -0.15) is 4.98 Å². The van der Waals surface area contributed by atoms with Gasteiger partial charge in [0.2, 0.25) is 0 Å². The molecule has 2 aromatic heterocycles. The maximum atomic E-state index is 5.46. The number of methoxy groups -OCH3 is 1. The van der Waals surface area contributed by atoms with Crippen LogP contribution in [0.2, 0.25) is 0 Å². The Hall–Kier alpha value is -1.79. The van der Waals surface area contributed by atoms with Crippen molar-refractivity contribution in [3.05, 3.63) is 30.4 Å². The van der Waals surface area contributed by atoms with Crippen LogP contribution in [-0.2, 0) is 10.2 Å². The highest BCUT2D eigenvalue weighted by Crippen LogP contribution is 2.36. The Morgan fingerprint density at radius 1 is 1.29 bits per heavy atom. The highest BCUT2D eigenvalue weighted by atomic mass is 16.5. The minimum atomic E-state index is -0.0456. The molecule has 6 heteroatoms. The topological polar surface area (TPSA) is 73.1 Å². The third-order valence-corrected chi connectivity index (χ3v) is 4.17. The molecule has 0 bridgehead atoms. The second-order valence-corrected chi connectivity index (χ2v) is 5.43. The fourth-order valence-corrected chi connectivity index (χ4v) is 2.84. The molecule has 6 nitrogen and oxygen atoms in total. The molecule has 3 rings (SSSR count). The molecule has 0 aliphatic carbocycles. The van der Waals surface area contributed by atoms with Crippen LogP contribution in [0.1, 0.15) is 25.1 Å². The first kappa shape index (κ1) is 14.2. The van der Waals surface area contributed by atoms with Crippen LogP contribution in [0.5, 0.6) is 0 Å². The van der Waals surface area contributed by atoms with Crippen LogP contribution >= 0.6 is 0 Å². The molecule has 0 saturated carbocycles. The van der Waals surface area contributed by atoms with Crippen LogP contribution in [0.3, 0.4) is 0 Å². The smallest absolute Gasteiger partial charge is 0.258 e. The van der Waals surface area contributed by atoms with E-state index in [1.807, 2.05) is 12.1 Å². The summed E-state index contributed by atoms with van der Waals surface area (Å²) < 4.78 is 10.7. The summed E-state index contributed by atoms with van der Waals surface area (Å²) in [5.74, 6) is 1.36. The third kappa shape index (κ3) is 2.96. The third-order valence-electron chi connectivity index (χ3n) is 4.17. The number of hydrogen-bond donors (Lipinski definition) is 1. The highest BCUT2D eigenvalue weighted by Gasteiger charge is 2.38. The average molecular weight is 288 g/mol. The molecule has 21 heavy (non-hydrogen) atoms. The van der Waals surface area contributed by atoms with Crippen molar-refractivity contribution in [3.8, 4) is 11.5 Å². The molecule has 3 heterocycles. The van der Waals surface area contributed by atoms with Gasteiger partial charge in [0, 0.05) is 37.1 Å². The lowest BCUT2D eigenvalue weighted by molar-refractivity contribution is 0.146. The fourth-order valence-electron chi connectivity index (χ4n) is 2.84. The van der Waals surface area contributed by atoms with Crippen molar-refractivity contribution in [1.82, 2.24) is 20.4 Å². The first-order chi connectivity index (χ1) is 10.3. The number of pyridine rings is 1. The molecule has 0 unspecified atom stereocenters. The summed E-state index contributed by atoms with van der Waals surface area (Å²) >= 11 is 0. The number of rotatable bonds is 5. The molecular formula is C15H20N4O2. The number of aromatic nitrogens is 3. The molecule has 1 aliphatic heterocycles. The zero-order valence-electron chi connectivity index (χ0n) is 12.2. The van der Waals surface area contributed by atoms with Gasteiger partial charge in [0.25, 0.3) is 5.89 Å². The standard InChI is InChI=1S/C15H20N4O2/c1-20-11-6-15(4-9-17-10-5-15)14-18-13(21-19-14)12-2-7-16-8-3-12/h2-3,7-8,17H,4-6,9-11H2,1H3. The van der Waals surface area contributed by atoms with Gasteiger partial charge in [0.15, 0.2) is 5.82 Å². The summed E-state index contributed by atoms with van der Waals surface area (Å²) in [6.07, 6.45) is 6.38. The van der Waals surface area contributed by atoms with Crippen molar-refractivity contribution in [2.24, 2.45) is 0 Å². The Balaban J connectivity index is 1.88. The zero-order chi connectivity index (χ0) is 14.5. The van der Waals surface area contributed by atoms with Crippen LogP contribution < -0.4 is 5.32 Å². The van der Waals surface area contributed by atoms with Gasteiger partial charge in [-0.3, -0.25) is 4.98 Å². The Bertz CT molecular complexity index is 564. The molecule has 0 amide bonds. The first-order valence-electron chi connectivity index (χ1n) is 7.28. The van der Waals surface area contributed by atoms with Crippen molar-refractivity contribution >= 4 is 0 Å². The van der Waals surface area contributed by atoms with E-state index < -0.39 is 0 Å². The second-order valence-electron chi connectivity index (χ2n) is 5.43. The summed E-state index contributed by atoms with van der Waals surface area (Å²) in [4.78, 5) is 8.65. The summed E-state index contributed by atoms with van der Waals surface area (Å²) in [6, 6.07) is 3.75. The minimum Gasteiger partial charge on any atom is -0.385 e. The van der Waals surface area contributed by atoms with Crippen molar-refractivity contribution in [3.63, 3.8) is 0 Å². The summed E-state index contributed by atoms with van der Waals surface area (Å²) in [5, 5.41) is 7.64. The summed E-state index contributed by atoms with van der Waals surface area (Å²) in [7, 11) is 1.73. The molecule has 1 saturated heterocycles. The normalized spacial score (nSPS) is 17.8. The average Bonchev–Trinajstić information content (AvgIpc) is 3.05. The van der Waals surface area contributed by atoms with Crippen molar-refractivity contribution in [2.45, 2.75) is 24.7 Å². The Kier molecular flexibility index (Phi) is 4.26. The van der Waals surface area contributed by atoms with E-state index >= 15 is 0 Å². The summed E-state index contributed by atoms with van der Waals surface area (Å²) in [5.41, 5.74) is 0.857. The lowest BCUT2D eigenvalue weighted by atomic mass is 9.75. The molecule has 2 aromatic rings. The number of ether oxygens (including phenoxy) is 1. The molecule has 1 fully saturated rings. The fraction of sp³-hybridized carbons (Fsp3) is 0.533. The monoisotopic (exact) mass is 288 g/mol. The highest BCUT2D eigenvalue weighted by molar-refractivity contribution is 5.51. The Labute approximate surface area is 123 Å². The van der Waals surface area contributed by atoms with E-state index in [2.05, 4.69) is 20.4 Å². The van der Waals surface area contributed by atoms with Gasteiger partial charge in [-0.25, -0.2) is 0 Å². The molecule has 0 spiro atoms. The lowest BCUT2D eigenvalue weighted by Gasteiger charge is -2.34. The van der Waals surface area contributed by atoms with E-state index in [9.17, 15) is 0 Å². The summed E-state index contributed by atoms with van der Waals surface area (Å²) in [6.45, 7) is 2.66. The lowest BCUT2D eigenvalue weighted by Crippen LogP contribution is -2.41. The van der Waals surface area contributed by atoms with E-state index in [0.29, 0.717) is 12.5 Å². The number of nitrogens with one attached hydrogen (secondary N) is 1. The number of hydrogen-bond acceptors (Lipinski definition) is 6. The van der Waals surface area contributed by atoms with Gasteiger partial charge in [-0.15, -0.1) is 0 Å². The SMILES string of the molecule is COCCC1(c2noc(-c3ccncc3)n2)CCNCC1. The van der Waals surface area contributed by atoms with Crippen LogP contribution in [0, 0.1) is 0 Å². The first-order valence-corrected chi connectivity index (χ1v) is 7.28. The van der Waals surface area contributed by atoms with E-state index in [1.54, 1.807) is 19.5 Å². The van der Waals surface area contributed by atoms with Crippen LogP contribution in [-0.4, -0.2) is 41.9 Å². The van der Waals surface area contributed by atoms with E-state index in [4.69, 9.17) is 9.26 Å². The largest absolute Gasteiger partial charge is 0.385 e. The zero-order valence-corrected chi connectivity index (χ0v) is 12.2. The quantitative estimate of drug-likeness (QED) is 0.904. The van der Waals surface area contributed by atoms with E-state index in [1.165, 1.54) is 0 Å². The molecule has 1 aliphatic rings.